The Morgan fingerprint density at radius 3 is 2.56 bits per heavy atom. The average Bonchev–Trinajstić information content (AvgIpc) is 3.13. The Morgan fingerprint density at radius 2 is 1.89 bits per heavy atom. The van der Waals surface area contributed by atoms with E-state index >= 15 is 0 Å². The van der Waals surface area contributed by atoms with Gasteiger partial charge in [-0.15, -0.1) is 12.4 Å². The number of benzene rings is 1. The van der Waals surface area contributed by atoms with Gasteiger partial charge in [-0.25, -0.2) is 0 Å². The minimum absolute atomic E-state index is 0. The van der Waals surface area contributed by atoms with Crippen molar-refractivity contribution in [3.63, 3.8) is 0 Å². The van der Waals surface area contributed by atoms with Crippen LogP contribution in [0.4, 0.5) is 0 Å². The quantitative estimate of drug-likeness (QED) is 0.832. The van der Waals surface area contributed by atoms with Crippen molar-refractivity contribution in [2.45, 2.75) is 52.2 Å². The number of piperazine rings is 1. The minimum Gasteiger partial charge on any atom is -0.481 e. The number of ether oxygens (including phenoxy) is 1. The Balaban J connectivity index is 0.00000261. The zero-order valence-corrected chi connectivity index (χ0v) is 17.8. The first-order valence-electron chi connectivity index (χ1n) is 9.96. The summed E-state index contributed by atoms with van der Waals surface area (Å²) < 4.78 is 6.08. The van der Waals surface area contributed by atoms with Gasteiger partial charge in [0.2, 0.25) is 0 Å². The van der Waals surface area contributed by atoms with Gasteiger partial charge in [0, 0.05) is 45.3 Å². The van der Waals surface area contributed by atoms with Gasteiger partial charge in [-0.2, -0.15) is 0 Å². The summed E-state index contributed by atoms with van der Waals surface area (Å²) in [7, 11) is 0. The largest absolute Gasteiger partial charge is 0.481 e. The highest BCUT2D eigenvalue weighted by Crippen LogP contribution is 2.26. The molecule has 2 unspecified atom stereocenters. The SMILES string of the molecule is Cc1ccc(C(C)C)cc1OC(C)C(=O)N1CCC(N2CCNCC2)C1.Cl. The van der Waals surface area contributed by atoms with Gasteiger partial charge in [0.25, 0.3) is 5.91 Å². The molecule has 2 heterocycles. The molecule has 2 aliphatic rings. The molecular formula is C21H34ClN3O2. The van der Waals surface area contributed by atoms with Crippen molar-refractivity contribution < 1.29 is 9.53 Å². The Kier molecular flexibility index (Phi) is 7.95. The maximum Gasteiger partial charge on any atom is 0.263 e. The zero-order chi connectivity index (χ0) is 18.7. The molecule has 1 aromatic rings. The number of aryl methyl sites for hydroxylation is 1. The second-order valence-electron chi connectivity index (χ2n) is 7.95. The molecule has 0 spiro atoms. The third kappa shape index (κ3) is 5.37. The van der Waals surface area contributed by atoms with Crippen molar-refractivity contribution >= 4 is 18.3 Å². The summed E-state index contributed by atoms with van der Waals surface area (Å²) in [4.78, 5) is 17.4. The van der Waals surface area contributed by atoms with E-state index in [0.29, 0.717) is 12.0 Å². The van der Waals surface area contributed by atoms with Crippen LogP contribution >= 0.6 is 12.4 Å². The molecule has 0 radical (unpaired) electrons. The van der Waals surface area contributed by atoms with Crippen LogP contribution in [0.5, 0.6) is 5.75 Å². The Bertz CT molecular complexity index is 632. The lowest BCUT2D eigenvalue weighted by molar-refractivity contribution is -0.137. The van der Waals surface area contributed by atoms with Crippen molar-refractivity contribution in [1.82, 2.24) is 15.1 Å². The van der Waals surface area contributed by atoms with E-state index in [1.165, 1.54) is 5.56 Å². The van der Waals surface area contributed by atoms with Gasteiger partial charge in [0.15, 0.2) is 6.10 Å². The smallest absolute Gasteiger partial charge is 0.263 e. The number of nitrogens with zero attached hydrogens (tertiary/aromatic N) is 2. The standard InChI is InChI=1S/C21H33N3O2.ClH/c1-15(2)18-6-5-16(3)20(13-18)26-17(4)21(25)24-10-7-19(14-24)23-11-8-22-9-12-23;/h5-6,13,15,17,19,22H,7-12,14H2,1-4H3;1H. The highest BCUT2D eigenvalue weighted by atomic mass is 35.5. The molecule has 1 amide bonds. The average molecular weight is 396 g/mol. The van der Waals surface area contributed by atoms with Crippen LogP contribution in [0.25, 0.3) is 0 Å². The molecule has 2 saturated heterocycles. The molecule has 6 heteroatoms. The van der Waals surface area contributed by atoms with Crippen molar-refractivity contribution in [1.29, 1.82) is 0 Å². The van der Waals surface area contributed by atoms with Crippen LogP contribution in [0.2, 0.25) is 0 Å². The second kappa shape index (κ2) is 9.76. The predicted molar refractivity (Wildman–Crippen MR) is 112 cm³/mol. The zero-order valence-electron chi connectivity index (χ0n) is 17.0. The molecular weight excluding hydrogens is 362 g/mol. The number of hydrogen-bond acceptors (Lipinski definition) is 4. The molecule has 2 fully saturated rings. The fourth-order valence-electron chi connectivity index (χ4n) is 3.89. The summed E-state index contributed by atoms with van der Waals surface area (Å²) >= 11 is 0. The Hall–Kier alpha value is -1.30. The van der Waals surface area contributed by atoms with Crippen molar-refractivity contribution in [3.05, 3.63) is 29.3 Å². The molecule has 27 heavy (non-hydrogen) atoms. The van der Waals surface area contributed by atoms with E-state index in [1.54, 1.807) is 0 Å². The minimum atomic E-state index is -0.446. The van der Waals surface area contributed by atoms with Gasteiger partial charge in [-0.3, -0.25) is 9.69 Å². The van der Waals surface area contributed by atoms with Crippen molar-refractivity contribution in [2.75, 3.05) is 39.3 Å². The van der Waals surface area contributed by atoms with Crippen LogP contribution in [-0.4, -0.2) is 67.1 Å². The number of carbonyl (C=O) groups excluding carboxylic acids is 1. The van der Waals surface area contributed by atoms with Crippen molar-refractivity contribution in [2.24, 2.45) is 0 Å². The molecule has 1 N–H and O–H groups in total. The van der Waals surface area contributed by atoms with Gasteiger partial charge in [-0.05, 0) is 43.4 Å². The molecule has 3 rings (SSSR count). The summed E-state index contributed by atoms with van der Waals surface area (Å²) in [6.07, 6.45) is 0.623. The van der Waals surface area contributed by atoms with E-state index in [9.17, 15) is 4.79 Å². The van der Waals surface area contributed by atoms with Crippen LogP contribution in [-0.2, 0) is 4.79 Å². The molecule has 0 aromatic heterocycles. The number of carbonyl (C=O) groups is 1. The number of amides is 1. The first-order chi connectivity index (χ1) is 12.5. The lowest BCUT2D eigenvalue weighted by atomic mass is 10.0. The fraction of sp³-hybridized carbons (Fsp3) is 0.667. The summed E-state index contributed by atoms with van der Waals surface area (Å²) in [5, 5.41) is 3.39. The lowest BCUT2D eigenvalue weighted by Gasteiger charge is -2.32. The molecule has 152 valence electrons. The van der Waals surface area contributed by atoms with Gasteiger partial charge in [0.1, 0.15) is 5.75 Å². The maximum atomic E-state index is 12.9. The normalized spacial score (nSPS) is 21.8. The molecule has 0 aliphatic carbocycles. The van der Waals surface area contributed by atoms with Crippen LogP contribution in [0.15, 0.2) is 18.2 Å². The van der Waals surface area contributed by atoms with E-state index in [1.807, 2.05) is 18.7 Å². The Morgan fingerprint density at radius 1 is 1.19 bits per heavy atom. The lowest BCUT2D eigenvalue weighted by Crippen LogP contribution is -2.50. The molecule has 0 bridgehead atoms. The van der Waals surface area contributed by atoms with Crippen molar-refractivity contribution in [3.8, 4) is 5.75 Å². The first-order valence-corrected chi connectivity index (χ1v) is 9.96. The fourth-order valence-corrected chi connectivity index (χ4v) is 3.89. The number of rotatable bonds is 5. The summed E-state index contributed by atoms with van der Waals surface area (Å²) in [6.45, 7) is 14.2. The molecule has 2 aliphatic heterocycles. The number of hydrogen-bond donors (Lipinski definition) is 1. The monoisotopic (exact) mass is 395 g/mol. The maximum absolute atomic E-state index is 12.9. The van der Waals surface area contributed by atoms with Gasteiger partial charge in [0.05, 0.1) is 0 Å². The summed E-state index contributed by atoms with van der Waals surface area (Å²) in [5.74, 6) is 1.38. The predicted octanol–water partition coefficient (Wildman–Crippen LogP) is 2.81. The van der Waals surface area contributed by atoms with Crippen LogP contribution in [0, 0.1) is 6.92 Å². The Labute approximate surface area is 169 Å². The van der Waals surface area contributed by atoms with E-state index in [-0.39, 0.29) is 18.3 Å². The number of likely N-dealkylation sites (tertiary alicyclic amines) is 1. The topological polar surface area (TPSA) is 44.8 Å². The third-order valence-corrected chi connectivity index (χ3v) is 5.67. The van der Waals surface area contributed by atoms with E-state index < -0.39 is 6.10 Å². The van der Waals surface area contributed by atoms with Gasteiger partial charge < -0.3 is 15.0 Å². The molecule has 5 nitrogen and oxygen atoms in total. The molecule has 2 atom stereocenters. The first kappa shape index (κ1) is 22.0. The number of nitrogens with one attached hydrogen (secondary N) is 1. The van der Waals surface area contributed by atoms with Crippen LogP contribution in [0.3, 0.4) is 0 Å². The summed E-state index contributed by atoms with van der Waals surface area (Å²) in [5.41, 5.74) is 2.32. The molecule has 0 saturated carbocycles. The second-order valence-corrected chi connectivity index (χ2v) is 7.95. The number of halogens is 1. The van der Waals surface area contributed by atoms with Crippen LogP contribution < -0.4 is 10.1 Å². The van der Waals surface area contributed by atoms with E-state index in [2.05, 4.69) is 42.3 Å². The van der Waals surface area contributed by atoms with E-state index in [4.69, 9.17) is 4.74 Å². The highest BCUT2D eigenvalue weighted by Gasteiger charge is 2.33. The van der Waals surface area contributed by atoms with E-state index in [0.717, 1.165) is 57.0 Å². The highest BCUT2D eigenvalue weighted by molar-refractivity contribution is 5.85. The van der Waals surface area contributed by atoms with Crippen LogP contribution in [0.1, 0.15) is 44.2 Å². The van der Waals surface area contributed by atoms with Gasteiger partial charge in [-0.1, -0.05) is 26.0 Å². The summed E-state index contributed by atoms with van der Waals surface area (Å²) in [6, 6.07) is 6.80. The van der Waals surface area contributed by atoms with Gasteiger partial charge >= 0.3 is 0 Å². The third-order valence-electron chi connectivity index (χ3n) is 5.67. The molecule has 1 aromatic carbocycles.